The molecule has 1 aromatic carbocycles. The van der Waals surface area contributed by atoms with Gasteiger partial charge in [-0.05, 0) is 26.0 Å². The minimum absolute atomic E-state index is 0.199. The van der Waals surface area contributed by atoms with Gasteiger partial charge in [-0.1, -0.05) is 6.07 Å². The molecule has 0 saturated heterocycles. The molecule has 7 nitrogen and oxygen atoms in total. The lowest BCUT2D eigenvalue weighted by atomic mass is 10.1. The topological polar surface area (TPSA) is 106 Å². The van der Waals surface area contributed by atoms with Crippen LogP contribution < -0.4 is 10.5 Å². The van der Waals surface area contributed by atoms with Crippen LogP contribution in [0.2, 0.25) is 0 Å². The lowest BCUT2D eigenvalue weighted by molar-refractivity contribution is 0.123. The number of nitrogens with two attached hydrogens (primary N) is 1. The van der Waals surface area contributed by atoms with Crippen LogP contribution in [0.1, 0.15) is 19.7 Å². The molecule has 0 saturated carbocycles. The predicted octanol–water partition coefficient (Wildman–Crippen LogP) is 1.99. The van der Waals surface area contributed by atoms with Crippen LogP contribution in [0.5, 0.6) is 5.75 Å². The molecule has 0 fully saturated rings. The number of rotatable bonds is 6. The molecule has 122 valence electrons. The number of H-pyrrole nitrogens is 1. The number of fused-ring (bicyclic) bond motifs is 3. The molecule has 0 aliphatic heterocycles. The SMILES string of the molecule is CCOCc1nc2c(N)nc3cccc(OCC(C)O)c3c2[nH]1. The zero-order valence-electron chi connectivity index (χ0n) is 13.2. The van der Waals surface area contributed by atoms with Gasteiger partial charge in [0.15, 0.2) is 5.82 Å². The number of ether oxygens (including phenoxy) is 2. The van der Waals surface area contributed by atoms with Crippen molar-refractivity contribution in [2.75, 3.05) is 18.9 Å². The van der Waals surface area contributed by atoms with E-state index in [0.29, 0.717) is 41.6 Å². The molecule has 2 aromatic heterocycles. The van der Waals surface area contributed by atoms with Gasteiger partial charge in [-0.15, -0.1) is 0 Å². The summed E-state index contributed by atoms with van der Waals surface area (Å²) < 4.78 is 11.1. The van der Waals surface area contributed by atoms with E-state index in [9.17, 15) is 5.11 Å². The normalized spacial score (nSPS) is 12.8. The van der Waals surface area contributed by atoms with Gasteiger partial charge in [-0.3, -0.25) is 0 Å². The van der Waals surface area contributed by atoms with Crippen molar-refractivity contribution in [3.63, 3.8) is 0 Å². The molecule has 0 spiro atoms. The van der Waals surface area contributed by atoms with Gasteiger partial charge in [0, 0.05) is 6.61 Å². The summed E-state index contributed by atoms with van der Waals surface area (Å²) in [4.78, 5) is 12.1. The molecule has 0 radical (unpaired) electrons. The number of aromatic nitrogens is 3. The Morgan fingerprint density at radius 2 is 2.17 bits per heavy atom. The fraction of sp³-hybridized carbons (Fsp3) is 0.375. The van der Waals surface area contributed by atoms with Crippen LogP contribution in [0, 0.1) is 0 Å². The zero-order valence-corrected chi connectivity index (χ0v) is 13.2. The van der Waals surface area contributed by atoms with Gasteiger partial charge in [0.25, 0.3) is 0 Å². The van der Waals surface area contributed by atoms with Crippen molar-refractivity contribution in [2.45, 2.75) is 26.6 Å². The van der Waals surface area contributed by atoms with Gasteiger partial charge in [-0.25, -0.2) is 9.97 Å². The maximum Gasteiger partial charge on any atom is 0.152 e. The van der Waals surface area contributed by atoms with Crippen molar-refractivity contribution in [2.24, 2.45) is 0 Å². The zero-order chi connectivity index (χ0) is 16.4. The van der Waals surface area contributed by atoms with E-state index in [1.165, 1.54) is 0 Å². The second-order valence-corrected chi connectivity index (χ2v) is 5.35. The van der Waals surface area contributed by atoms with Crippen molar-refractivity contribution < 1.29 is 14.6 Å². The second-order valence-electron chi connectivity index (χ2n) is 5.35. The Hall–Kier alpha value is -2.38. The molecule has 0 bridgehead atoms. The molecule has 0 amide bonds. The summed E-state index contributed by atoms with van der Waals surface area (Å²) in [5, 5.41) is 10.2. The number of pyridine rings is 1. The number of benzene rings is 1. The summed E-state index contributed by atoms with van der Waals surface area (Å²) in [7, 11) is 0. The number of aliphatic hydroxyl groups excluding tert-OH is 1. The number of imidazole rings is 1. The van der Waals surface area contributed by atoms with Gasteiger partial charge < -0.3 is 25.3 Å². The molecular formula is C16H20N4O3. The first-order chi connectivity index (χ1) is 11.1. The van der Waals surface area contributed by atoms with Gasteiger partial charge >= 0.3 is 0 Å². The summed E-state index contributed by atoms with van der Waals surface area (Å²) in [6.45, 7) is 4.78. The monoisotopic (exact) mass is 316 g/mol. The van der Waals surface area contributed by atoms with E-state index in [2.05, 4.69) is 15.0 Å². The Labute approximate surface area is 133 Å². The van der Waals surface area contributed by atoms with Crippen molar-refractivity contribution in [3.05, 3.63) is 24.0 Å². The summed E-state index contributed by atoms with van der Waals surface area (Å²) in [6.07, 6.45) is -0.558. The maximum absolute atomic E-state index is 9.45. The quantitative estimate of drug-likeness (QED) is 0.642. The summed E-state index contributed by atoms with van der Waals surface area (Å²) in [6, 6.07) is 5.55. The fourth-order valence-electron chi connectivity index (χ4n) is 2.43. The van der Waals surface area contributed by atoms with Crippen molar-refractivity contribution in [1.29, 1.82) is 0 Å². The Bertz CT molecular complexity index is 829. The first-order valence-electron chi connectivity index (χ1n) is 7.55. The summed E-state index contributed by atoms with van der Waals surface area (Å²) in [5.41, 5.74) is 8.10. The van der Waals surface area contributed by atoms with E-state index in [1.807, 2.05) is 25.1 Å². The lowest BCUT2D eigenvalue weighted by Gasteiger charge is -2.11. The average Bonchev–Trinajstić information content (AvgIpc) is 2.95. The molecule has 2 heterocycles. The standard InChI is InChI=1S/C16H20N4O3/c1-3-22-8-12-19-14-13-10(18-16(17)15(14)20-12)5-4-6-11(13)23-7-9(2)21/h4-6,9,21H,3,7-8H2,1-2H3,(H2,17,18)(H,19,20). The lowest BCUT2D eigenvalue weighted by Crippen LogP contribution is -2.13. The van der Waals surface area contributed by atoms with E-state index in [1.54, 1.807) is 6.92 Å². The molecule has 1 unspecified atom stereocenters. The minimum atomic E-state index is -0.558. The van der Waals surface area contributed by atoms with E-state index >= 15 is 0 Å². The molecule has 3 rings (SSSR count). The molecule has 0 aliphatic rings. The van der Waals surface area contributed by atoms with Crippen LogP contribution in [0.4, 0.5) is 5.82 Å². The van der Waals surface area contributed by atoms with Crippen LogP contribution in [0.25, 0.3) is 21.9 Å². The third-order valence-corrected chi connectivity index (χ3v) is 3.41. The average molecular weight is 316 g/mol. The van der Waals surface area contributed by atoms with Crippen molar-refractivity contribution in [3.8, 4) is 5.75 Å². The Morgan fingerprint density at radius 3 is 2.91 bits per heavy atom. The van der Waals surface area contributed by atoms with E-state index in [0.717, 1.165) is 10.9 Å². The highest BCUT2D eigenvalue weighted by atomic mass is 16.5. The summed E-state index contributed by atoms with van der Waals surface area (Å²) >= 11 is 0. The van der Waals surface area contributed by atoms with Gasteiger partial charge in [0.2, 0.25) is 0 Å². The Morgan fingerprint density at radius 1 is 1.35 bits per heavy atom. The number of hydrogen-bond donors (Lipinski definition) is 3. The van der Waals surface area contributed by atoms with Crippen molar-refractivity contribution >= 4 is 27.8 Å². The summed E-state index contributed by atoms with van der Waals surface area (Å²) in [5.74, 6) is 1.68. The van der Waals surface area contributed by atoms with Crippen LogP contribution >= 0.6 is 0 Å². The molecule has 4 N–H and O–H groups in total. The highest BCUT2D eigenvalue weighted by Gasteiger charge is 2.15. The van der Waals surface area contributed by atoms with Crippen LogP contribution in [-0.4, -0.2) is 39.4 Å². The molecule has 3 aromatic rings. The van der Waals surface area contributed by atoms with E-state index < -0.39 is 6.10 Å². The Balaban J connectivity index is 2.16. The number of nitrogens with zero attached hydrogens (tertiary/aromatic N) is 2. The van der Waals surface area contributed by atoms with Crippen LogP contribution in [-0.2, 0) is 11.3 Å². The molecule has 1 atom stereocenters. The number of nitrogen functional groups attached to an aromatic ring is 1. The van der Waals surface area contributed by atoms with E-state index in [-0.39, 0.29) is 6.61 Å². The fourth-order valence-corrected chi connectivity index (χ4v) is 2.43. The largest absolute Gasteiger partial charge is 0.490 e. The number of hydrogen-bond acceptors (Lipinski definition) is 6. The third-order valence-electron chi connectivity index (χ3n) is 3.41. The first-order valence-corrected chi connectivity index (χ1v) is 7.55. The minimum Gasteiger partial charge on any atom is -0.490 e. The van der Waals surface area contributed by atoms with Crippen molar-refractivity contribution in [1.82, 2.24) is 15.0 Å². The van der Waals surface area contributed by atoms with Gasteiger partial charge in [-0.2, -0.15) is 0 Å². The van der Waals surface area contributed by atoms with Crippen LogP contribution in [0.3, 0.4) is 0 Å². The molecule has 23 heavy (non-hydrogen) atoms. The third kappa shape index (κ3) is 3.06. The number of aromatic amines is 1. The highest BCUT2D eigenvalue weighted by molar-refractivity contribution is 6.09. The number of nitrogens with one attached hydrogen (secondary N) is 1. The van der Waals surface area contributed by atoms with Gasteiger partial charge in [0.1, 0.15) is 30.3 Å². The van der Waals surface area contributed by atoms with Gasteiger partial charge in [0.05, 0.1) is 22.5 Å². The van der Waals surface area contributed by atoms with E-state index in [4.69, 9.17) is 15.2 Å². The number of aliphatic hydroxyl groups is 1. The molecular weight excluding hydrogens is 296 g/mol. The Kier molecular flexibility index (Phi) is 4.31. The molecule has 0 aliphatic carbocycles. The smallest absolute Gasteiger partial charge is 0.152 e. The van der Waals surface area contributed by atoms with Crippen LogP contribution in [0.15, 0.2) is 18.2 Å². The first kappa shape index (κ1) is 15.5. The second kappa shape index (κ2) is 6.39. The predicted molar refractivity (Wildman–Crippen MR) is 88.3 cm³/mol. The maximum atomic E-state index is 9.45. The number of anilines is 1. The molecule has 7 heteroatoms. The highest BCUT2D eigenvalue weighted by Crippen LogP contribution is 2.33.